The average molecular weight is 335 g/mol. The Morgan fingerprint density at radius 2 is 1.33 bits per heavy atom. The topological polar surface area (TPSA) is 9.23 Å². The van der Waals surface area contributed by atoms with Gasteiger partial charge >= 0.3 is 0 Å². The minimum Gasteiger partial charge on any atom is -0.371 e. The molecule has 24 heavy (non-hydrogen) atoms. The van der Waals surface area contributed by atoms with Gasteiger partial charge in [-0.3, -0.25) is 0 Å². The Hall–Kier alpha value is -0.820. The van der Waals surface area contributed by atoms with Crippen LogP contribution in [0.2, 0.25) is 0 Å². The summed E-state index contributed by atoms with van der Waals surface area (Å²) < 4.78 is 6.27. The van der Waals surface area contributed by atoms with E-state index in [1.54, 1.807) is 0 Å². The molecule has 0 heterocycles. The van der Waals surface area contributed by atoms with Crippen molar-refractivity contribution in [2.45, 2.75) is 88.2 Å². The summed E-state index contributed by atoms with van der Waals surface area (Å²) in [4.78, 5) is 0. The minimum atomic E-state index is -0.230. The molecular weight excluding hydrogens is 292 g/mol. The van der Waals surface area contributed by atoms with Gasteiger partial charge in [0.1, 0.15) is 0 Å². The van der Waals surface area contributed by atoms with Crippen molar-refractivity contribution >= 4 is 0 Å². The van der Waals surface area contributed by atoms with Gasteiger partial charge in [0, 0.05) is 6.61 Å². The molecule has 0 aliphatic rings. The lowest BCUT2D eigenvalue weighted by Gasteiger charge is -2.45. The van der Waals surface area contributed by atoms with Crippen molar-refractivity contribution in [3.8, 4) is 0 Å². The molecule has 0 unspecified atom stereocenters. The summed E-state index contributed by atoms with van der Waals surface area (Å²) in [6.07, 6.45) is 1.08. The van der Waals surface area contributed by atoms with Gasteiger partial charge in [-0.1, -0.05) is 85.2 Å². The predicted octanol–water partition coefficient (Wildman–Crippen LogP) is 7.37. The van der Waals surface area contributed by atoms with Crippen molar-refractivity contribution in [2.75, 3.05) is 6.61 Å². The Morgan fingerprint density at radius 3 is 1.75 bits per heavy atom. The number of aryl methyl sites for hydroxylation is 1. The quantitative estimate of drug-likeness (QED) is 0.505. The fourth-order valence-corrected chi connectivity index (χ4v) is 2.70. The summed E-state index contributed by atoms with van der Waals surface area (Å²) in [5, 5.41) is 0. The number of rotatable bonds is 7. The molecule has 0 bridgehead atoms. The van der Waals surface area contributed by atoms with Crippen molar-refractivity contribution in [3.05, 3.63) is 35.4 Å². The smallest absolute Gasteiger partial charge is 0.0875 e. The zero-order valence-electron chi connectivity index (χ0n) is 18.2. The molecule has 1 rings (SSSR count). The summed E-state index contributed by atoms with van der Waals surface area (Å²) in [5.74, 6) is 0.660. The summed E-state index contributed by atoms with van der Waals surface area (Å²) in [6, 6.07) is 8.68. The highest BCUT2D eigenvalue weighted by molar-refractivity contribution is 5.25. The van der Waals surface area contributed by atoms with E-state index in [1.807, 2.05) is 13.8 Å². The van der Waals surface area contributed by atoms with Crippen LogP contribution in [0, 0.1) is 23.7 Å². The van der Waals surface area contributed by atoms with E-state index < -0.39 is 0 Å². The predicted molar refractivity (Wildman–Crippen MR) is 109 cm³/mol. The molecule has 0 aliphatic heterocycles. The van der Waals surface area contributed by atoms with Gasteiger partial charge in [-0.2, -0.15) is 0 Å². The molecule has 0 spiro atoms. The normalized spacial score (nSPS) is 12.8. The SMILES string of the molecule is CC.Cc1ccc(C(C)(C)OCCC(C)(C)C(C)(C)C(C)C)cc1. The highest BCUT2D eigenvalue weighted by Gasteiger charge is 2.39. The third-order valence-corrected chi connectivity index (χ3v) is 6.12. The van der Waals surface area contributed by atoms with E-state index in [4.69, 9.17) is 4.74 Å². The van der Waals surface area contributed by atoms with Crippen LogP contribution < -0.4 is 0 Å². The average Bonchev–Trinajstić information content (AvgIpc) is 2.49. The largest absolute Gasteiger partial charge is 0.371 e. The van der Waals surface area contributed by atoms with Crippen LogP contribution in [0.25, 0.3) is 0 Å². The van der Waals surface area contributed by atoms with Crippen LogP contribution in [0.4, 0.5) is 0 Å². The van der Waals surface area contributed by atoms with Crippen molar-refractivity contribution in [1.82, 2.24) is 0 Å². The molecule has 0 aliphatic carbocycles. The summed E-state index contributed by atoms with van der Waals surface area (Å²) in [5.41, 5.74) is 2.86. The van der Waals surface area contributed by atoms with Gasteiger partial charge in [-0.15, -0.1) is 0 Å². The van der Waals surface area contributed by atoms with Gasteiger partial charge in [0.2, 0.25) is 0 Å². The molecule has 1 heteroatoms. The van der Waals surface area contributed by atoms with Gasteiger partial charge in [-0.05, 0) is 49.5 Å². The maximum Gasteiger partial charge on any atom is 0.0875 e. The van der Waals surface area contributed by atoms with E-state index in [2.05, 4.69) is 86.6 Å². The van der Waals surface area contributed by atoms with Crippen molar-refractivity contribution < 1.29 is 4.74 Å². The molecule has 140 valence electrons. The van der Waals surface area contributed by atoms with Crippen molar-refractivity contribution in [2.24, 2.45) is 16.7 Å². The van der Waals surface area contributed by atoms with Gasteiger partial charge in [-0.25, -0.2) is 0 Å². The fourth-order valence-electron chi connectivity index (χ4n) is 2.70. The van der Waals surface area contributed by atoms with Crippen molar-refractivity contribution in [1.29, 1.82) is 0 Å². The van der Waals surface area contributed by atoms with Gasteiger partial charge in [0.05, 0.1) is 5.60 Å². The van der Waals surface area contributed by atoms with E-state index in [9.17, 15) is 0 Å². The van der Waals surface area contributed by atoms with E-state index >= 15 is 0 Å². The molecule has 0 saturated carbocycles. The first kappa shape index (κ1) is 23.2. The van der Waals surface area contributed by atoms with Crippen LogP contribution in [0.3, 0.4) is 0 Å². The maximum atomic E-state index is 6.27. The highest BCUT2D eigenvalue weighted by Crippen LogP contribution is 2.46. The lowest BCUT2D eigenvalue weighted by Crippen LogP contribution is -2.38. The second-order valence-corrected chi connectivity index (χ2v) is 8.74. The number of ether oxygens (including phenoxy) is 1. The molecule has 1 aromatic carbocycles. The molecule has 0 saturated heterocycles. The summed E-state index contributed by atoms with van der Waals surface area (Å²) in [6.45, 7) is 25.4. The Kier molecular flexibility index (Phi) is 8.73. The standard InChI is InChI=1S/C21H36O.C2H6/c1-16(2)20(6,7)19(4,5)14-15-22-21(8,9)18-12-10-17(3)11-13-18;1-2/h10-13,16H,14-15H2,1-9H3;1-2H3. The van der Waals surface area contributed by atoms with Crippen LogP contribution in [0.15, 0.2) is 24.3 Å². The van der Waals surface area contributed by atoms with Crippen LogP contribution in [-0.4, -0.2) is 6.61 Å². The summed E-state index contributed by atoms with van der Waals surface area (Å²) >= 11 is 0. The summed E-state index contributed by atoms with van der Waals surface area (Å²) in [7, 11) is 0. The van der Waals surface area contributed by atoms with Crippen LogP contribution in [0.1, 0.15) is 86.8 Å². The molecule has 0 atom stereocenters. The first-order valence-corrected chi connectivity index (χ1v) is 9.61. The second kappa shape index (κ2) is 9.04. The third kappa shape index (κ3) is 5.92. The van der Waals surface area contributed by atoms with Crippen LogP contribution in [-0.2, 0) is 10.3 Å². The minimum absolute atomic E-state index is 0.230. The van der Waals surface area contributed by atoms with Gasteiger partial charge in [0.15, 0.2) is 0 Å². The van der Waals surface area contributed by atoms with E-state index in [0.717, 1.165) is 13.0 Å². The maximum absolute atomic E-state index is 6.27. The zero-order chi connectivity index (χ0) is 19.2. The monoisotopic (exact) mass is 334 g/mol. The number of hydrogen-bond donors (Lipinski definition) is 0. The molecular formula is C23H42O. The van der Waals surface area contributed by atoms with Gasteiger partial charge < -0.3 is 4.74 Å². The van der Waals surface area contributed by atoms with E-state index in [0.29, 0.717) is 11.3 Å². The first-order chi connectivity index (χ1) is 10.9. The fraction of sp³-hybridized carbons (Fsp3) is 0.739. The molecule has 0 fully saturated rings. The Balaban J connectivity index is 0.00000254. The molecule has 0 radical (unpaired) electrons. The zero-order valence-corrected chi connectivity index (χ0v) is 18.2. The third-order valence-electron chi connectivity index (χ3n) is 6.12. The second-order valence-electron chi connectivity index (χ2n) is 8.74. The lowest BCUT2D eigenvalue weighted by atomic mass is 9.61. The van der Waals surface area contributed by atoms with Crippen LogP contribution >= 0.6 is 0 Å². The first-order valence-electron chi connectivity index (χ1n) is 9.61. The Bertz CT molecular complexity index is 463. The molecule has 0 N–H and O–H groups in total. The molecule has 0 aromatic heterocycles. The lowest BCUT2D eigenvalue weighted by molar-refractivity contribution is -0.0536. The number of benzene rings is 1. The van der Waals surface area contributed by atoms with Crippen LogP contribution in [0.5, 0.6) is 0 Å². The Labute approximate surface area is 152 Å². The van der Waals surface area contributed by atoms with Gasteiger partial charge in [0.25, 0.3) is 0 Å². The highest BCUT2D eigenvalue weighted by atomic mass is 16.5. The van der Waals surface area contributed by atoms with Crippen molar-refractivity contribution in [3.63, 3.8) is 0 Å². The van der Waals surface area contributed by atoms with E-state index in [-0.39, 0.29) is 11.0 Å². The molecule has 1 aromatic rings. The molecule has 1 nitrogen and oxygen atoms in total. The number of hydrogen-bond acceptors (Lipinski definition) is 1. The molecule has 0 amide bonds. The van der Waals surface area contributed by atoms with E-state index in [1.165, 1.54) is 11.1 Å². The Morgan fingerprint density at radius 1 is 0.875 bits per heavy atom.